The topological polar surface area (TPSA) is 43.1 Å². The minimum absolute atomic E-state index is 0.0379. The maximum atomic E-state index is 12.8. The van der Waals surface area contributed by atoms with Crippen LogP contribution in [0.25, 0.3) is 0 Å². The van der Waals surface area contributed by atoms with Gasteiger partial charge >= 0.3 is 6.18 Å². The van der Waals surface area contributed by atoms with Crippen LogP contribution in [0.2, 0.25) is 0 Å². The molecule has 88 valence electrons. The highest BCUT2D eigenvalue weighted by Gasteiger charge is 2.31. The Bertz CT molecular complexity index is 403. The van der Waals surface area contributed by atoms with Crippen LogP contribution in [-0.2, 0) is 12.6 Å². The first-order chi connectivity index (χ1) is 7.29. The summed E-state index contributed by atoms with van der Waals surface area (Å²) in [6.45, 7) is -0.527. The molecule has 0 saturated heterocycles. The van der Waals surface area contributed by atoms with Crippen molar-refractivity contribution in [3.05, 3.63) is 45.3 Å². The number of hydrogen-bond donors (Lipinski definition) is 0. The molecule has 1 aromatic rings. The van der Waals surface area contributed by atoms with E-state index < -0.39 is 29.0 Å². The van der Waals surface area contributed by atoms with Crippen molar-refractivity contribution in [3.8, 4) is 0 Å². The van der Waals surface area contributed by atoms with Crippen LogP contribution in [0.3, 0.4) is 0 Å². The number of benzene rings is 1. The first kappa shape index (κ1) is 12.4. The van der Waals surface area contributed by atoms with Crippen LogP contribution in [0.1, 0.15) is 11.1 Å². The molecule has 0 N–H and O–H groups in total. The van der Waals surface area contributed by atoms with E-state index in [0.29, 0.717) is 12.1 Å². The van der Waals surface area contributed by atoms with Gasteiger partial charge in [0.1, 0.15) is 5.82 Å². The second kappa shape index (κ2) is 4.46. The summed E-state index contributed by atoms with van der Waals surface area (Å²) in [6.07, 6.45) is -4.88. The molecule has 7 heteroatoms. The molecule has 0 fully saturated rings. The Hall–Kier alpha value is -1.66. The molecule has 16 heavy (non-hydrogen) atoms. The van der Waals surface area contributed by atoms with E-state index in [2.05, 4.69) is 0 Å². The van der Waals surface area contributed by atoms with Gasteiger partial charge in [0, 0.05) is 11.3 Å². The average Bonchev–Trinajstić information content (AvgIpc) is 2.12. The van der Waals surface area contributed by atoms with Gasteiger partial charge in [-0.2, -0.15) is 13.2 Å². The van der Waals surface area contributed by atoms with E-state index in [9.17, 15) is 27.7 Å². The Morgan fingerprint density at radius 2 is 1.88 bits per heavy atom. The molecule has 3 nitrogen and oxygen atoms in total. The van der Waals surface area contributed by atoms with E-state index in [1.54, 1.807) is 0 Å². The van der Waals surface area contributed by atoms with E-state index in [1.165, 1.54) is 0 Å². The van der Waals surface area contributed by atoms with Crippen molar-refractivity contribution >= 4 is 0 Å². The van der Waals surface area contributed by atoms with Crippen molar-refractivity contribution < 1.29 is 22.5 Å². The molecule has 0 atom stereocenters. The molecular weight excluding hydrogens is 230 g/mol. The molecule has 1 aromatic carbocycles. The molecule has 0 unspecified atom stereocenters. The molecule has 0 aliphatic heterocycles. The van der Waals surface area contributed by atoms with Crippen LogP contribution in [0, 0.1) is 15.9 Å². The molecule has 0 aliphatic rings. The normalized spacial score (nSPS) is 11.5. The van der Waals surface area contributed by atoms with Crippen molar-refractivity contribution in [1.82, 2.24) is 0 Å². The van der Waals surface area contributed by atoms with Crippen LogP contribution in [0.5, 0.6) is 0 Å². The van der Waals surface area contributed by atoms with Gasteiger partial charge in [0.2, 0.25) is 6.54 Å². The summed E-state index contributed by atoms with van der Waals surface area (Å²) in [5.41, 5.74) is -1.17. The monoisotopic (exact) mass is 237 g/mol. The molecule has 0 aromatic heterocycles. The Balaban J connectivity index is 2.94. The predicted octanol–water partition coefficient (Wildman–Crippen LogP) is 2.66. The number of hydrogen-bond acceptors (Lipinski definition) is 2. The van der Waals surface area contributed by atoms with Crippen molar-refractivity contribution in [2.45, 2.75) is 12.6 Å². The minimum Gasteiger partial charge on any atom is -0.265 e. The fraction of sp³-hybridized carbons (Fsp3) is 0.333. The molecule has 0 saturated carbocycles. The zero-order valence-electron chi connectivity index (χ0n) is 7.92. The van der Waals surface area contributed by atoms with Gasteiger partial charge in [0.25, 0.3) is 0 Å². The summed E-state index contributed by atoms with van der Waals surface area (Å²) in [6, 6.07) is 1.93. The highest BCUT2D eigenvalue weighted by atomic mass is 19.4. The van der Waals surface area contributed by atoms with Crippen LogP contribution in [0.15, 0.2) is 18.2 Å². The average molecular weight is 237 g/mol. The van der Waals surface area contributed by atoms with Crippen molar-refractivity contribution in [1.29, 1.82) is 0 Å². The van der Waals surface area contributed by atoms with Crippen molar-refractivity contribution in [2.75, 3.05) is 6.54 Å². The smallest absolute Gasteiger partial charge is 0.265 e. The Morgan fingerprint density at radius 1 is 1.25 bits per heavy atom. The second-order valence-electron chi connectivity index (χ2n) is 3.15. The largest absolute Gasteiger partial charge is 0.416 e. The van der Waals surface area contributed by atoms with E-state index in [4.69, 9.17) is 0 Å². The maximum Gasteiger partial charge on any atom is 0.416 e. The zero-order chi connectivity index (χ0) is 12.3. The van der Waals surface area contributed by atoms with Crippen LogP contribution < -0.4 is 0 Å². The SMILES string of the molecule is O=[N+]([O-])CCc1cc(F)cc(C(F)(F)F)c1. The molecule has 0 spiro atoms. The van der Waals surface area contributed by atoms with Gasteiger partial charge < -0.3 is 0 Å². The fourth-order valence-corrected chi connectivity index (χ4v) is 1.18. The highest BCUT2D eigenvalue weighted by molar-refractivity contribution is 5.26. The number of nitrogens with zero attached hydrogens (tertiary/aromatic N) is 1. The number of nitro groups is 1. The lowest BCUT2D eigenvalue weighted by Crippen LogP contribution is -2.09. The number of rotatable bonds is 3. The quantitative estimate of drug-likeness (QED) is 0.460. The van der Waals surface area contributed by atoms with Crippen molar-refractivity contribution in [2.24, 2.45) is 0 Å². The lowest BCUT2D eigenvalue weighted by molar-refractivity contribution is -0.479. The van der Waals surface area contributed by atoms with E-state index in [-0.39, 0.29) is 12.0 Å². The van der Waals surface area contributed by atoms with Gasteiger partial charge in [-0.25, -0.2) is 4.39 Å². The first-order valence-electron chi connectivity index (χ1n) is 4.27. The molecular formula is C9H7F4NO2. The maximum absolute atomic E-state index is 12.8. The van der Waals surface area contributed by atoms with E-state index in [1.807, 2.05) is 0 Å². The number of halogens is 4. The Labute approximate surface area is 87.8 Å². The third-order valence-corrected chi connectivity index (χ3v) is 1.87. The van der Waals surface area contributed by atoms with Gasteiger partial charge in [-0.1, -0.05) is 0 Å². The van der Waals surface area contributed by atoms with Crippen LogP contribution in [-0.4, -0.2) is 11.5 Å². The molecule has 0 amide bonds. The minimum atomic E-state index is -4.65. The zero-order valence-corrected chi connectivity index (χ0v) is 7.92. The van der Waals surface area contributed by atoms with Gasteiger partial charge in [-0.05, 0) is 23.8 Å². The van der Waals surface area contributed by atoms with Crippen LogP contribution >= 0.6 is 0 Å². The lowest BCUT2D eigenvalue weighted by atomic mass is 10.1. The number of alkyl halides is 3. The summed E-state index contributed by atoms with van der Waals surface area (Å²) in [7, 11) is 0. The fourth-order valence-electron chi connectivity index (χ4n) is 1.18. The van der Waals surface area contributed by atoms with E-state index in [0.717, 1.165) is 6.07 Å². The Kier molecular flexibility index (Phi) is 3.46. The second-order valence-corrected chi connectivity index (χ2v) is 3.15. The third kappa shape index (κ3) is 3.48. The third-order valence-electron chi connectivity index (χ3n) is 1.87. The molecule has 1 rings (SSSR count). The summed E-state index contributed by atoms with van der Waals surface area (Å²) < 4.78 is 49.6. The molecule has 0 heterocycles. The van der Waals surface area contributed by atoms with Gasteiger partial charge in [0.15, 0.2) is 0 Å². The summed E-state index contributed by atoms with van der Waals surface area (Å²) in [5.74, 6) is -1.05. The Morgan fingerprint density at radius 3 is 2.38 bits per heavy atom. The molecule has 0 aliphatic carbocycles. The van der Waals surface area contributed by atoms with Gasteiger partial charge in [-0.3, -0.25) is 10.1 Å². The van der Waals surface area contributed by atoms with Crippen LogP contribution in [0.4, 0.5) is 17.6 Å². The van der Waals surface area contributed by atoms with Gasteiger partial charge in [0.05, 0.1) is 5.56 Å². The predicted molar refractivity (Wildman–Crippen MR) is 47.0 cm³/mol. The molecule has 0 bridgehead atoms. The first-order valence-corrected chi connectivity index (χ1v) is 4.27. The van der Waals surface area contributed by atoms with E-state index >= 15 is 0 Å². The summed E-state index contributed by atoms with van der Waals surface area (Å²) in [5, 5.41) is 10.0. The summed E-state index contributed by atoms with van der Waals surface area (Å²) in [4.78, 5) is 9.36. The van der Waals surface area contributed by atoms with Crippen molar-refractivity contribution in [3.63, 3.8) is 0 Å². The lowest BCUT2D eigenvalue weighted by Gasteiger charge is -2.08. The van der Waals surface area contributed by atoms with Gasteiger partial charge in [-0.15, -0.1) is 0 Å². The highest BCUT2D eigenvalue weighted by Crippen LogP contribution is 2.30. The standard InChI is InChI=1S/C9H7F4NO2/c10-8-4-6(1-2-14(15)16)3-7(5-8)9(11,12)13/h3-5H,1-2H2. The summed E-state index contributed by atoms with van der Waals surface area (Å²) >= 11 is 0. The molecule has 0 radical (unpaired) electrons.